The number of sulfonamides is 1. The number of hydrogen-bond acceptors (Lipinski definition) is 6. The summed E-state index contributed by atoms with van der Waals surface area (Å²) in [6.07, 6.45) is 0.774. The standard InChI is InChI=1S/C14H22N4O5S/c1-4-12-16-10(2)11(23-12)9-18-13(19)5-6-17(14(18)20)7-8-24(21,22)15-3/h15H,4-9H2,1-3H3. The largest absolute Gasteiger partial charge is 0.444 e. The SMILES string of the molecule is CCc1nc(C)c(CN2C(=O)CCN(CCS(=O)(=O)NC)C2=O)o1. The molecule has 0 bridgehead atoms. The third-order valence-electron chi connectivity index (χ3n) is 3.88. The molecule has 0 radical (unpaired) electrons. The average molecular weight is 358 g/mol. The van der Waals surface area contributed by atoms with Gasteiger partial charge in [-0.15, -0.1) is 0 Å². The molecule has 0 atom stereocenters. The summed E-state index contributed by atoms with van der Waals surface area (Å²) < 4.78 is 30.8. The summed E-state index contributed by atoms with van der Waals surface area (Å²) in [5.41, 5.74) is 0.641. The highest BCUT2D eigenvalue weighted by atomic mass is 32.2. The third-order valence-corrected chi connectivity index (χ3v) is 5.22. The topological polar surface area (TPSA) is 113 Å². The van der Waals surface area contributed by atoms with Gasteiger partial charge in [0.05, 0.1) is 18.0 Å². The van der Waals surface area contributed by atoms with Crippen LogP contribution in [-0.4, -0.2) is 61.0 Å². The number of imide groups is 1. The Morgan fingerprint density at radius 1 is 1.33 bits per heavy atom. The van der Waals surface area contributed by atoms with E-state index in [2.05, 4.69) is 9.71 Å². The van der Waals surface area contributed by atoms with E-state index in [1.54, 1.807) is 6.92 Å². The van der Waals surface area contributed by atoms with Gasteiger partial charge in [0.2, 0.25) is 15.9 Å². The van der Waals surface area contributed by atoms with Gasteiger partial charge in [-0.05, 0) is 14.0 Å². The number of nitrogens with one attached hydrogen (secondary N) is 1. The highest BCUT2D eigenvalue weighted by Crippen LogP contribution is 2.18. The van der Waals surface area contributed by atoms with Crippen molar-refractivity contribution < 1.29 is 22.4 Å². The number of oxazole rings is 1. The van der Waals surface area contributed by atoms with Crippen molar-refractivity contribution in [3.8, 4) is 0 Å². The van der Waals surface area contributed by atoms with Crippen LogP contribution >= 0.6 is 0 Å². The number of carbonyl (C=O) groups is 2. The van der Waals surface area contributed by atoms with Crippen LogP contribution in [0, 0.1) is 6.92 Å². The van der Waals surface area contributed by atoms with Crippen molar-refractivity contribution in [2.45, 2.75) is 33.2 Å². The molecule has 1 saturated heterocycles. The predicted molar refractivity (Wildman–Crippen MR) is 85.6 cm³/mol. The molecule has 10 heteroatoms. The lowest BCUT2D eigenvalue weighted by Gasteiger charge is -2.33. The van der Waals surface area contributed by atoms with Crippen LogP contribution in [0.2, 0.25) is 0 Å². The Morgan fingerprint density at radius 2 is 2.04 bits per heavy atom. The lowest BCUT2D eigenvalue weighted by atomic mass is 10.2. The molecule has 0 saturated carbocycles. The van der Waals surface area contributed by atoms with Gasteiger partial charge in [-0.2, -0.15) is 0 Å². The van der Waals surface area contributed by atoms with Crippen LogP contribution in [0.1, 0.15) is 30.7 Å². The van der Waals surface area contributed by atoms with E-state index in [9.17, 15) is 18.0 Å². The zero-order valence-electron chi connectivity index (χ0n) is 14.0. The van der Waals surface area contributed by atoms with E-state index in [4.69, 9.17) is 4.42 Å². The Labute approximate surface area is 141 Å². The molecule has 1 aromatic rings. The number of aryl methyl sites for hydroxylation is 2. The van der Waals surface area contributed by atoms with Crippen LogP contribution < -0.4 is 4.72 Å². The van der Waals surface area contributed by atoms with Gasteiger partial charge in [0, 0.05) is 25.9 Å². The van der Waals surface area contributed by atoms with Gasteiger partial charge in [0.15, 0.2) is 5.89 Å². The number of rotatable bonds is 7. The van der Waals surface area contributed by atoms with E-state index < -0.39 is 16.1 Å². The summed E-state index contributed by atoms with van der Waals surface area (Å²) >= 11 is 0. The van der Waals surface area contributed by atoms with E-state index in [1.807, 2.05) is 6.92 Å². The van der Waals surface area contributed by atoms with E-state index >= 15 is 0 Å². The molecular weight excluding hydrogens is 336 g/mol. The molecule has 0 unspecified atom stereocenters. The fraction of sp³-hybridized carbons (Fsp3) is 0.643. The van der Waals surface area contributed by atoms with Crippen molar-refractivity contribution in [2.75, 3.05) is 25.9 Å². The van der Waals surface area contributed by atoms with Crippen LogP contribution in [0.3, 0.4) is 0 Å². The van der Waals surface area contributed by atoms with E-state index in [1.165, 1.54) is 11.9 Å². The summed E-state index contributed by atoms with van der Waals surface area (Å²) in [4.78, 5) is 31.2. The second-order valence-corrected chi connectivity index (χ2v) is 7.54. The fourth-order valence-corrected chi connectivity index (χ4v) is 3.03. The van der Waals surface area contributed by atoms with E-state index in [0.717, 1.165) is 4.90 Å². The normalized spacial score (nSPS) is 16.1. The minimum atomic E-state index is -3.41. The maximum atomic E-state index is 12.5. The number of urea groups is 1. The number of hydrogen-bond donors (Lipinski definition) is 1. The summed E-state index contributed by atoms with van der Waals surface area (Å²) in [5, 5.41) is 0. The summed E-state index contributed by atoms with van der Waals surface area (Å²) in [5.74, 6) is 0.509. The molecule has 1 aliphatic heterocycles. The molecule has 9 nitrogen and oxygen atoms in total. The smallest absolute Gasteiger partial charge is 0.327 e. The maximum Gasteiger partial charge on any atom is 0.327 e. The summed E-state index contributed by atoms with van der Waals surface area (Å²) in [6.45, 7) is 3.90. The Kier molecular flexibility index (Phi) is 5.60. The van der Waals surface area contributed by atoms with Crippen molar-refractivity contribution >= 4 is 22.0 Å². The fourth-order valence-electron chi connectivity index (χ4n) is 2.36. The number of amides is 3. The molecule has 1 fully saturated rings. The molecule has 134 valence electrons. The van der Waals surface area contributed by atoms with Crippen LogP contribution in [0.4, 0.5) is 4.79 Å². The Balaban J connectivity index is 2.09. The molecular formula is C14H22N4O5S. The highest BCUT2D eigenvalue weighted by Gasteiger charge is 2.33. The zero-order chi connectivity index (χ0) is 17.9. The first kappa shape index (κ1) is 18.4. The minimum Gasteiger partial charge on any atom is -0.444 e. The molecule has 1 N–H and O–H groups in total. The Morgan fingerprint density at radius 3 is 2.62 bits per heavy atom. The van der Waals surface area contributed by atoms with Crippen molar-refractivity contribution in [1.29, 1.82) is 0 Å². The maximum absolute atomic E-state index is 12.5. The molecule has 1 aliphatic rings. The lowest BCUT2D eigenvalue weighted by Crippen LogP contribution is -2.53. The molecule has 2 rings (SSSR count). The first-order chi connectivity index (χ1) is 11.3. The summed E-state index contributed by atoms with van der Waals surface area (Å²) in [7, 11) is -2.09. The molecule has 0 spiro atoms. The van der Waals surface area contributed by atoms with E-state index in [-0.39, 0.29) is 37.7 Å². The lowest BCUT2D eigenvalue weighted by molar-refractivity contribution is -0.131. The van der Waals surface area contributed by atoms with Gasteiger partial charge in [-0.25, -0.2) is 22.9 Å². The Hall–Kier alpha value is -1.94. The summed E-state index contributed by atoms with van der Waals surface area (Å²) in [6, 6.07) is -0.508. The van der Waals surface area contributed by atoms with Gasteiger partial charge < -0.3 is 9.32 Å². The van der Waals surface area contributed by atoms with Crippen molar-refractivity contribution in [2.24, 2.45) is 0 Å². The third kappa shape index (κ3) is 4.12. The second kappa shape index (κ2) is 7.31. The van der Waals surface area contributed by atoms with Crippen molar-refractivity contribution in [3.63, 3.8) is 0 Å². The van der Waals surface area contributed by atoms with Crippen molar-refractivity contribution in [3.05, 3.63) is 17.3 Å². The monoisotopic (exact) mass is 358 g/mol. The van der Waals surface area contributed by atoms with Gasteiger partial charge in [0.1, 0.15) is 5.76 Å². The van der Waals surface area contributed by atoms with Gasteiger partial charge in [-0.3, -0.25) is 9.69 Å². The first-order valence-corrected chi connectivity index (χ1v) is 9.38. The number of carbonyl (C=O) groups excluding carboxylic acids is 2. The van der Waals surface area contributed by atoms with Crippen LogP contribution in [0.15, 0.2) is 4.42 Å². The second-order valence-electron chi connectivity index (χ2n) is 5.49. The van der Waals surface area contributed by atoms with Crippen LogP contribution in [-0.2, 0) is 27.8 Å². The average Bonchev–Trinajstić information content (AvgIpc) is 2.90. The Bertz CT molecular complexity index is 728. The predicted octanol–water partition coefficient (Wildman–Crippen LogP) is 0.249. The number of nitrogens with zero attached hydrogens (tertiary/aromatic N) is 3. The van der Waals surface area contributed by atoms with Crippen LogP contribution in [0.25, 0.3) is 0 Å². The zero-order valence-corrected chi connectivity index (χ0v) is 14.9. The number of aromatic nitrogens is 1. The quantitative estimate of drug-likeness (QED) is 0.747. The molecule has 2 heterocycles. The highest BCUT2D eigenvalue weighted by molar-refractivity contribution is 7.89. The van der Waals surface area contributed by atoms with E-state index in [0.29, 0.717) is 23.8 Å². The molecule has 0 aliphatic carbocycles. The van der Waals surface area contributed by atoms with Gasteiger partial charge in [0.25, 0.3) is 0 Å². The van der Waals surface area contributed by atoms with Gasteiger partial charge in [-0.1, -0.05) is 6.92 Å². The molecule has 3 amide bonds. The molecule has 0 aromatic carbocycles. The molecule has 1 aromatic heterocycles. The van der Waals surface area contributed by atoms with Crippen molar-refractivity contribution in [1.82, 2.24) is 19.5 Å². The van der Waals surface area contributed by atoms with Crippen LogP contribution in [0.5, 0.6) is 0 Å². The van der Waals surface area contributed by atoms with Gasteiger partial charge >= 0.3 is 6.03 Å². The minimum absolute atomic E-state index is 0.00573. The molecule has 24 heavy (non-hydrogen) atoms. The first-order valence-electron chi connectivity index (χ1n) is 7.73.